The van der Waals surface area contributed by atoms with Gasteiger partial charge in [0.1, 0.15) is 0 Å². The van der Waals surface area contributed by atoms with Crippen molar-refractivity contribution in [3.8, 4) is 22.3 Å². The summed E-state index contributed by atoms with van der Waals surface area (Å²) in [5.41, 5.74) is 6.54. The molecule has 0 aliphatic heterocycles. The fraction of sp³-hybridized carbons (Fsp3) is 0. The number of carbonyl (C=O) groups is 1. The van der Waals surface area contributed by atoms with Gasteiger partial charge in [0.25, 0.3) is 0 Å². The smallest absolute Gasteiger partial charge is 0.194 e. The van der Waals surface area contributed by atoms with Gasteiger partial charge < -0.3 is 0 Å². The molecule has 4 aromatic rings. The van der Waals surface area contributed by atoms with Crippen LogP contribution in [0.4, 0.5) is 0 Å². The zero-order chi connectivity index (χ0) is 22.7. The Morgan fingerprint density at radius 3 is 1.31 bits per heavy atom. The average molecular weight is 455 g/mol. The van der Waals surface area contributed by atoms with Gasteiger partial charge in [-0.05, 0) is 57.6 Å². The Bertz CT molecular complexity index is 1210. The highest BCUT2D eigenvalue weighted by Gasteiger charge is 2.19. The first kappa shape index (κ1) is 21.8. The summed E-state index contributed by atoms with van der Waals surface area (Å²) in [5.74, 6) is -0.0820. The normalized spacial score (nSPS) is 10.6. The zero-order valence-corrected chi connectivity index (χ0v) is 18.8. The van der Waals surface area contributed by atoms with Crippen LogP contribution >= 0.6 is 23.2 Å². The predicted octanol–water partition coefficient (Wildman–Crippen LogP) is 8.84. The Hall–Kier alpha value is -3.39. The maximum Gasteiger partial charge on any atom is 0.194 e. The van der Waals surface area contributed by atoms with Crippen molar-refractivity contribution in [2.75, 3.05) is 0 Å². The largest absolute Gasteiger partial charge is 0.289 e. The Balaban J connectivity index is 1.85. The average Bonchev–Trinajstić information content (AvgIpc) is 2.83. The van der Waals surface area contributed by atoms with E-state index in [-0.39, 0.29) is 5.78 Å². The van der Waals surface area contributed by atoms with Crippen molar-refractivity contribution >= 4 is 41.1 Å². The van der Waals surface area contributed by atoms with Gasteiger partial charge in [-0.15, -0.1) is 0 Å². The van der Waals surface area contributed by atoms with E-state index in [0.29, 0.717) is 21.2 Å². The second-order valence-electron chi connectivity index (χ2n) is 7.28. The van der Waals surface area contributed by atoms with Crippen LogP contribution in [-0.4, -0.2) is 5.78 Å². The fourth-order valence-corrected chi connectivity index (χ4v) is 4.13. The van der Waals surface area contributed by atoms with Gasteiger partial charge >= 0.3 is 0 Å². The molecule has 0 spiro atoms. The minimum absolute atomic E-state index is 0.0820. The third-order valence-corrected chi connectivity index (χ3v) is 5.92. The van der Waals surface area contributed by atoms with E-state index in [0.717, 1.165) is 33.4 Å². The molecular formula is C29H20Cl2O. The molecule has 156 valence electrons. The summed E-state index contributed by atoms with van der Waals surface area (Å²) in [7, 11) is 0. The number of rotatable bonds is 6. The molecule has 0 fully saturated rings. The summed E-state index contributed by atoms with van der Waals surface area (Å²) in [5, 5.41) is 1.33. The molecule has 0 heterocycles. The Morgan fingerprint density at radius 1 is 0.594 bits per heavy atom. The van der Waals surface area contributed by atoms with E-state index >= 15 is 0 Å². The maximum atomic E-state index is 13.7. The van der Waals surface area contributed by atoms with Crippen molar-refractivity contribution in [2.24, 2.45) is 0 Å². The first-order valence-electron chi connectivity index (χ1n) is 10.1. The van der Waals surface area contributed by atoms with Gasteiger partial charge in [-0.1, -0.05) is 109 Å². The third-order valence-electron chi connectivity index (χ3n) is 5.42. The maximum absolute atomic E-state index is 13.7. The third kappa shape index (κ3) is 4.18. The van der Waals surface area contributed by atoms with Crippen LogP contribution in [0.1, 0.15) is 27.0 Å². The van der Waals surface area contributed by atoms with E-state index in [1.165, 1.54) is 0 Å². The van der Waals surface area contributed by atoms with E-state index in [4.69, 9.17) is 23.2 Å². The highest BCUT2D eigenvalue weighted by atomic mass is 35.5. The summed E-state index contributed by atoms with van der Waals surface area (Å²) < 4.78 is 0. The minimum Gasteiger partial charge on any atom is -0.289 e. The quantitative estimate of drug-likeness (QED) is 0.266. The van der Waals surface area contributed by atoms with Crippen LogP contribution in [0, 0.1) is 0 Å². The van der Waals surface area contributed by atoms with Gasteiger partial charge in [-0.25, -0.2) is 0 Å². The Kier molecular flexibility index (Phi) is 6.41. The molecule has 3 heteroatoms. The standard InChI is InChI=1S/C29H20Cl2O/c1-3-23-25(19-11-15-21(30)16-12-19)7-5-9-27(23)29(32)28-10-6-8-26(24(28)4-2)20-13-17-22(31)18-14-20/h3-18H,1-2H2. The molecule has 0 radical (unpaired) electrons. The van der Waals surface area contributed by atoms with Crippen molar-refractivity contribution in [2.45, 2.75) is 0 Å². The molecule has 4 rings (SSSR count). The first-order chi connectivity index (χ1) is 15.5. The van der Waals surface area contributed by atoms with Crippen molar-refractivity contribution in [3.05, 3.63) is 130 Å². The van der Waals surface area contributed by atoms with Crippen LogP contribution in [-0.2, 0) is 0 Å². The predicted molar refractivity (Wildman–Crippen MR) is 137 cm³/mol. The van der Waals surface area contributed by atoms with Crippen LogP contribution in [0.25, 0.3) is 34.4 Å². The summed E-state index contributed by atoms with van der Waals surface area (Å²) >= 11 is 12.1. The Morgan fingerprint density at radius 2 is 0.969 bits per heavy atom. The number of hydrogen-bond donors (Lipinski definition) is 0. The van der Waals surface area contributed by atoms with Crippen molar-refractivity contribution in [1.29, 1.82) is 0 Å². The van der Waals surface area contributed by atoms with Crippen molar-refractivity contribution in [1.82, 2.24) is 0 Å². The summed E-state index contributed by atoms with van der Waals surface area (Å²) in [6.07, 6.45) is 3.46. The molecule has 0 unspecified atom stereocenters. The van der Waals surface area contributed by atoms with E-state index in [1.807, 2.05) is 84.9 Å². The number of carbonyl (C=O) groups excluding carboxylic acids is 1. The first-order valence-corrected chi connectivity index (χ1v) is 10.9. The lowest BCUT2D eigenvalue weighted by atomic mass is 9.87. The van der Waals surface area contributed by atoms with Crippen LogP contribution in [0.15, 0.2) is 98.1 Å². The van der Waals surface area contributed by atoms with E-state index in [2.05, 4.69) is 13.2 Å². The van der Waals surface area contributed by atoms with Crippen LogP contribution in [0.5, 0.6) is 0 Å². The Labute approximate surface area is 198 Å². The van der Waals surface area contributed by atoms with Gasteiger partial charge in [0.15, 0.2) is 5.78 Å². The second kappa shape index (κ2) is 9.40. The molecule has 1 nitrogen and oxygen atoms in total. The van der Waals surface area contributed by atoms with Gasteiger partial charge in [0.05, 0.1) is 0 Å². The lowest BCUT2D eigenvalue weighted by Gasteiger charge is -2.15. The lowest BCUT2D eigenvalue weighted by molar-refractivity contribution is 0.103. The lowest BCUT2D eigenvalue weighted by Crippen LogP contribution is -2.07. The molecule has 0 aliphatic rings. The molecule has 0 N–H and O–H groups in total. The molecule has 4 aromatic carbocycles. The van der Waals surface area contributed by atoms with Crippen LogP contribution in [0.3, 0.4) is 0 Å². The molecule has 0 saturated carbocycles. The van der Waals surface area contributed by atoms with E-state index < -0.39 is 0 Å². The summed E-state index contributed by atoms with van der Waals surface area (Å²) in [4.78, 5) is 13.7. The highest BCUT2D eigenvalue weighted by Crippen LogP contribution is 2.33. The van der Waals surface area contributed by atoms with Gasteiger partial charge in [-0.2, -0.15) is 0 Å². The highest BCUT2D eigenvalue weighted by molar-refractivity contribution is 6.31. The molecular weight excluding hydrogens is 435 g/mol. The number of halogens is 2. The van der Waals surface area contributed by atoms with E-state index in [9.17, 15) is 4.79 Å². The van der Waals surface area contributed by atoms with Gasteiger partial charge in [0, 0.05) is 21.2 Å². The van der Waals surface area contributed by atoms with E-state index in [1.54, 1.807) is 12.2 Å². The molecule has 0 aliphatic carbocycles. The SMILES string of the molecule is C=Cc1c(C(=O)c2cccc(-c3ccc(Cl)cc3)c2C=C)cccc1-c1ccc(Cl)cc1. The summed E-state index contributed by atoms with van der Waals surface area (Å²) in [6.45, 7) is 7.95. The van der Waals surface area contributed by atoms with Crippen molar-refractivity contribution in [3.63, 3.8) is 0 Å². The van der Waals surface area contributed by atoms with Gasteiger partial charge in [0.2, 0.25) is 0 Å². The van der Waals surface area contributed by atoms with Crippen LogP contribution < -0.4 is 0 Å². The minimum atomic E-state index is -0.0820. The van der Waals surface area contributed by atoms with Crippen molar-refractivity contribution < 1.29 is 4.79 Å². The molecule has 32 heavy (non-hydrogen) atoms. The number of ketones is 1. The molecule has 0 amide bonds. The summed E-state index contributed by atoms with van der Waals surface area (Å²) in [6, 6.07) is 26.5. The molecule has 0 aromatic heterocycles. The topological polar surface area (TPSA) is 17.1 Å². The molecule has 0 saturated heterocycles. The zero-order valence-electron chi connectivity index (χ0n) is 17.3. The number of hydrogen-bond acceptors (Lipinski definition) is 1. The molecule has 0 atom stereocenters. The number of benzene rings is 4. The fourth-order valence-electron chi connectivity index (χ4n) is 3.87. The van der Waals surface area contributed by atoms with Gasteiger partial charge in [-0.3, -0.25) is 4.79 Å². The van der Waals surface area contributed by atoms with Crippen LogP contribution in [0.2, 0.25) is 10.0 Å². The monoisotopic (exact) mass is 454 g/mol. The molecule has 0 bridgehead atoms. The second-order valence-corrected chi connectivity index (χ2v) is 8.16.